The Kier molecular flexibility index (Phi) is 5.00. The van der Waals surface area contributed by atoms with Gasteiger partial charge in [0.05, 0.1) is 11.3 Å². The molecule has 0 saturated carbocycles. The minimum Gasteiger partial charge on any atom is -0.351 e. The molecule has 5 nitrogen and oxygen atoms in total. The lowest BCUT2D eigenvalue weighted by Crippen LogP contribution is -2.39. The molecule has 0 bridgehead atoms. The maximum atomic E-state index is 12.3. The normalized spacial score (nSPS) is 18.1. The highest BCUT2D eigenvalue weighted by Crippen LogP contribution is 2.13. The van der Waals surface area contributed by atoms with Crippen molar-refractivity contribution < 1.29 is 9.59 Å². The standard InChI is InChI=1S/C14H19N3O2S/c1-10-3-4-11(7-15-10)14(19)17-6-5-12(8-17)16-13(18)9-20-2/h3-4,7,12H,5-6,8-9H2,1-2H3,(H,16,18)/t12-/m1/s1. The number of likely N-dealkylation sites (tertiary alicyclic amines) is 1. The molecule has 0 aromatic carbocycles. The number of aromatic nitrogens is 1. The van der Waals surface area contributed by atoms with Gasteiger partial charge in [-0.05, 0) is 31.7 Å². The van der Waals surface area contributed by atoms with Crippen molar-refractivity contribution >= 4 is 23.6 Å². The van der Waals surface area contributed by atoms with Crippen LogP contribution in [-0.2, 0) is 4.79 Å². The van der Waals surface area contributed by atoms with E-state index >= 15 is 0 Å². The van der Waals surface area contributed by atoms with Gasteiger partial charge in [0.15, 0.2) is 0 Å². The molecule has 2 heterocycles. The van der Waals surface area contributed by atoms with Crippen LogP contribution in [0.3, 0.4) is 0 Å². The Morgan fingerprint density at radius 2 is 2.30 bits per heavy atom. The van der Waals surface area contributed by atoms with Gasteiger partial charge in [0.2, 0.25) is 5.91 Å². The molecule has 0 spiro atoms. The zero-order valence-corrected chi connectivity index (χ0v) is 12.6. The van der Waals surface area contributed by atoms with E-state index in [1.807, 2.05) is 19.2 Å². The molecule has 1 aliphatic rings. The zero-order valence-electron chi connectivity index (χ0n) is 11.8. The second-order valence-corrected chi connectivity index (χ2v) is 5.79. The molecule has 6 heteroatoms. The quantitative estimate of drug-likeness (QED) is 0.902. The van der Waals surface area contributed by atoms with Gasteiger partial charge >= 0.3 is 0 Å². The highest BCUT2D eigenvalue weighted by molar-refractivity contribution is 7.99. The van der Waals surface area contributed by atoms with Gasteiger partial charge < -0.3 is 10.2 Å². The van der Waals surface area contributed by atoms with E-state index in [1.54, 1.807) is 17.2 Å². The molecule has 0 unspecified atom stereocenters. The largest absolute Gasteiger partial charge is 0.351 e. The van der Waals surface area contributed by atoms with E-state index in [4.69, 9.17) is 0 Å². The third kappa shape index (κ3) is 3.72. The van der Waals surface area contributed by atoms with E-state index in [0.29, 0.717) is 24.4 Å². The summed E-state index contributed by atoms with van der Waals surface area (Å²) in [5, 5.41) is 2.96. The van der Waals surface area contributed by atoms with E-state index in [9.17, 15) is 9.59 Å². The van der Waals surface area contributed by atoms with Crippen LogP contribution in [0.15, 0.2) is 18.3 Å². The molecule has 20 heavy (non-hydrogen) atoms. The molecule has 1 saturated heterocycles. The van der Waals surface area contributed by atoms with E-state index in [0.717, 1.165) is 12.1 Å². The molecule has 0 aliphatic carbocycles. The Hall–Kier alpha value is -1.56. The van der Waals surface area contributed by atoms with Crippen molar-refractivity contribution in [2.45, 2.75) is 19.4 Å². The predicted octanol–water partition coefficient (Wildman–Crippen LogP) is 1.08. The smallest absolute Gasteiger partial charge is 0.255 e. The average molecular weight is 293 g/mol. The van der Waals surface area contributed by atoms with Crippen LogP contribution < -0.4 is 5.32 Å². The molecule has 108 valence electrons. The lowest BCUT2D eigenvalue weighted by atomic mass is 10.2. The van der Waals surface area contributed by atoms with Gasteiger partial charge in [0, 0.05) is 31.0 Å². The first kappa shape index (κ1) is 14.8. The SMILES string of the molecule is CSCC(=O)N[C@@H]1CCN(C(=O)c2ccc(C)nc2)C1. The van der Waals surface area contributed by atoms with Gasteiger partial charge in [-0.25, -0.2) is 0 Å². The highest BCUT2D eigenvalue weighted by Gasteiger charge is 2.27. The third-order valence-corrected chi connectivity index (χ3v) is 3.83. The summed E-state index contributed by atoms with van der Waals surface area (Å²) in [6, 6.07) is 3.70. The number of aryl methyl sites for hydroxylation is 1. The fourth-order valence-electron chi connectivity index (χ4n) is 2.24. The summed E-state index contributed by atoms with van der Waals surface area (Å²) in [6.07, 6.45) is 4.32. The lowest BCUT2D eigenvalue weighted by Gasteiger charge is -2.17. The van der Waals surface area contributed by atoms with Crippen LogP contribution in [-0.4, -0.2) is 52.8 Å². The van der Waals surface area contributed by atoms with Gasteiger partial charge in [0.1, 0.15) is 0 Å². The van der Waals surface area contributed by atoms with E-state index in [-0.39, 0.29) is 17.9 Å². The van der Waals surface area contributed by atoms with Crippen LogP contribution in [0, 0.1) is 6.92 Å². The number of nitrogens with one attached hydrogen (secondary N) is 1. The van der Waals surface area contributed by atoms with Gasteiger partial charge in [-0.2, -0.15) is 11.8 Å². The maximum absolute atomic E-state index is 12.3. The summed E-state index contributed by atoms with van der Waals surface area (Å²) in [4.78, 5) is 29.7. The highest BCUT2D eigenvalue weighted by atomic mass is 32.2. The summed E-state index contributed by atoms with van der Waals surface area (Å²) in [5.74, 6) is 0.486. The Labute approximate surface area is 123 Å². The molecule has 1 aromatic heterocycles. The summed E-state index contributed by atoms with van der Waals surface area (Å²) >= 11 is 1.50. The molecule has 0 radical (unpaired) electrons. The van der Waals surface area contributed by atoms with Crippen molar-refractivity contribution in [3.8, 4) is 0 Å². The summed E-state index contributed by atoms with van der Waals surface area (Å²) in [6.45, 7) is 3.14. The number of pyridine rings is 1. The van der Waals surface area contributed by atoms with Crippen molar-refractivity contribution in [3.05, 3.63) is 29.6 Å². The third-order valence-electron chi connectivity index (χ3n) is 3.27. The van der Waals surface area contributed by atoms with Crippen molar-refractivity contribution in [1.82, 2.24) is 15.2 Å². The van der Waals surface area contributed by atoms with Crippen LogP contribution in [0.1, 0.15) is 22.5 Å². The number of nitrogens with zero attached hydrogens (tertiary/aromatic N) is 2. The number of carbonyl (C=O) groups excluding carboxylic acids is 2. The van der Waals surface area contributed by atoms with Crippen molar-refractivity contribution in [1.29, 1.82) is 0 Å². The zero-order chi connectivity index (χ0) is 14.5. The Morgan fingerprint density at radius 3 is 2.95 bits per heavy atom. The van der Waals surface area contributed by atoms with Crippen LogP contribution in [0.5, 0.6) is 0 Å². The molecular formula is C14H19N3O2S. The predicted molar refractivity (Wildman–Crippen MR) is 79.8 cm³/mol. The number of rotatable bonds is 4. The van der Waals surface area contributed by atoms with E-state index < -0.39 is 0 Å². The summed E-state index contributed by atoms with van der Waals surface area (Å²) in [7, 11) is 0. The fraction of sp³-hybridized carbons (Fsp3) is 0.500. The second kappa shape index (κ2) is 6.74. The second-order valence-electron chi connectivity index (χ2n) is 4.93. The Balaban J connectivity index is 1.90. The van der Waals surface area contributed by atoms with Crippen LogP contribution >= 0.6 is 11.8 Å². The molecular weight excluding hydrogens is 274 g/mol. The minimum atomic E-state index is -0.0147. The van der Waals surface area contributed by atoms with Crippen molar-refractivity contribution in [2.24, 2.45) is 0 Å². The molecule has 1 N–H and O–H groups in total. The average Bonchev–Trinajstić information content (AvgIpc) is 2.87. The molecule has 2 rings (SSSR count). The Bertz CT molecular complexity index is 490. The van der Waals surface area contributed by atoms with E-state index in [1.165, 1.54) is 11.8 Å². The number of hydrogen-bond donors (Lipinski definition) is 1. The maximum Gasteiger partial charge on any atom is 0.255 e. The van der Waals surface area contributed by atoms with Crippen LogP contribution in [0.4, 0.5) is 0 Å². The first-order chi connectivity index (χ1) is 9.60. The summed E-state index contributed by atoms with van der Waals surface area (Å²) < 4.78 is 0. The van der Waals surface area contributed by atoms with E-state index in [2.05, 4.69) is 10.3 Å². The van der Waals surface area contributed by atoms with Crippen LogP contribution in [0.2, 0.25) is 0 Å². The topological polar surface area (TPSA) is 62.3 Å². The number of amides is 2. The molecule has 1 aromatic rings. The monoisotopic (exact) mass is 293 g/mol. The summed E-state index contributed by atoms with van der Waals surface area (Å²) in [5.41, 5.74) is 1.50. The fourth-order valence-corrected chi connectivity index (χ4v) is 2.59. The first-order valence-corrected chi connectivity index (χ1v) is 7.99. The molecule has 1 fully saturated rings. The van der Waals surface area contributed by atoms with Crippen LogP contribution in [0.25, 0.3) is 0 Å². The number of hydrogen-bond acceptors (Lipinski definition) is 4. The van der Waals surface area contributed by atoms with Gasteiger partial charge in [0.25, 0.3) is 5.91 Å². The Morgan fingerprint density at radius 1 is 1.50 bits per heavy atom. The minimum absolute atomic E-state index is 0.0147. The van der Waals surface area contributed by atoms with Gasteiger partial charge in [-0.3, -0.25) is 14.6 Å². The number of carbonyl (C=O) groups is 2. The first-order valence-electron chi connectivity index (χ1n) is 6.60. The van der Waals surface area contributed by atoms with Gasteiger partial charge in [-0.1, -0.05) is 0 Å². The van der Waals surface area contributed by atoms with Gasteiger partial charge in [-0.15, -0.1) is 0 Å². The van der Waals surface area contributed by atoms with Crippen molar-refractivity contribution in [2.75, 3.05) is 25.1 Å². The molecule has 2 amide bonds. The molecule has 1 atom stereocenters. The molecule has 1 aliphatic heterocycles. The lowest BCUT2D eigenvalue weighted by molar-refractivity contribution is -0.119. The number of thioether (sulfide) groups is 1. The van der Waals surface area contributed by atoms with Crippen molar-refractivity contribution in [3.63, 3.8) is 0 Å².